The third-order valence-electron chi connectivity index (χ3n) is 4.72. The van der Waals surface area contributed by atoms with Crippen molar-refractivity contribution in [1.82, 2.24) is 5.32 Å². The number of carbonyl (C=O) groups is 3. The van der Waals surface area contributed by atoms with Crippen molar-refractivity contribution in [3.05, 3.63) is 107 Å². The number of nitrogens with one attached hydrogen (secondary N) is 1. The minimum Gasteiger partial charge on any atom is -0.454 e. The Kier molecular flexibility index (Phi) is 7.27. The van der Waals surface area contributed by atoms with Crippen LogP contribution in [0.4, 0.5) is 4.39 Å². The number of esters is 1. The van der Waals surface area contributed by atoms with E-state index in [1.54, 1.807) is 36.4 Å². The summed E-state index contributed by atoms with van der Waals surface area (Å²) in [5.74, 6) is -1.85. The minimum atomic E-state index is -1.04. The number of hydrogen-bond acceptors (Lipinski definition) is 4. The average Bonchev–Trinajstić information content (AvgIpc) is 2.79. The maximum atomic E-state index is 13.1. The molecule has 6 heteroatoms. The molecule has 0 saturated carbocycles. The molecule has 0 aromatic heterocycles. The van der Waals surface area contributed by atoms with Crippen molar-refractivity contribution in [3.63, 3.8) is 0 Å². The molecule has 0 saturated heterocycles. The van der Waals surface area contributed by atoms with Crippen LogP contribution >= 0.6 is 0 Å². The van der Waals surface area contributed by atoms with E-state index < -0.39 is 29.7 Å². The van der Waals surface area contributed by atoms with Gasteiger partial charge in [-0.05, 0) is 48.9 Å². The molecule has 5 nitrogen and oxygen atoms in total. The molecule has 1 N–H and O–H groups in total. The molecule has 0 aliphatic rings. The van der Waals surface area contributed by atoms with Gasteiger partial charge in [0.1, 0.15) is 5.82 Å². The smallest absolute Gasteiger partial charge is 0.308 e. The van der Waals surface area contributed by atoms with Gasteiger partial charge < -0.3 is 10.1 Å². The zero-order valence-electron chi connectivity index (χ0n) is 17.0. The SMILES string of the molecule is C[C@@H](OC(=O)C[C@@H](NC(=O)c1ccccc1)c1ccccc1)C(=O)c1ccc(F)cc1. The van der Waals surface area contributed by atoms with Crippen LogP contribution < -0.4 is 5.32 Å². The number of amides is 1. The summed E-state index contributed by atoms with van der Waals surface area (Å²) in [5, 5.41) is 2.85. The molecular formula is C25H22FNO4. The second-order valence-corrected chi connectivity index (χ2v) is 7.01. The largest absolute Gasteiger partial charge is 0.454 e. The van der Waals surface area contributed by atoms with Gasteiger partial charge in [0, 0.05) is 11.1 Å². The molecule has 3 aromatic carbocycles. The van der Waals surface area contributed by atoms with Crippen molar-refractivity contribution in [1.29, 1.82) is 0 Å². The molecule has 0 radical (unpaired) electrons. The second-order valence-electron chi connectivity index (χ2n) is 7.01. The van der Waals surface area contributed by atoms with E-state index in [4.69, 9.17) is 4.74 Å². The molecule has 0 spiro atoms. The van der Waals surface area contributed by atoms with Crippen molar-refractivity contribution in [3.8, 4) is 0 Å². The van der Waals surface area contributed by atoms with Gasteiger partial charge in [-0.15, -0.1) is 0 Å². The lowest BCUT2D eigenvalue weighted by Crippen LogP contribution is -2.32. The molecule has 3 aromatic rings. The molecule has 0 fully saturated rings. The number of Topliss-reactive ketones (excluding diaryl/α,β-unsaturated/α-hetero) is 1. The Hall–Kier alpha value is -3.80. The number of ether oxygens (including phenoxy) is 1. The van der Waals surface area contributed by atoms with E-state index in [0.717, 1.165) is 5.56 Å². The lowest BCUT2D eigenvalue weighted by atomic mass is 10.0. The third-order valence-corrected chi connectivity index (χ3v) is 4.72. The fourth-order valence-electron chi connectivity index (χ4n) is 3.08. The van der Waals surface area contributed by atoms with E-state index in [2.05, 4.69) is 5.32 Å². The van der Waals surface area contributed by atoms with E-state index in [-0.39, 0.29) is 17.9 Å². The highest BCUT2D eigenvalue weighted by Crippen LogP contribution is 2.19. The summed E-state index contributed by atoms with van der Waals surface area (Å²) in [6.07, 6.45) is -1.19. The number of ketones is 1. The van der Waals surface area contributed by atoms with Crippen molar-refractivity contribution >= 4 is 17.7 Å². The number of carbonyl (C=O) groups excluding carboxylic acids is 3. The summed E-state index contributed by atoms with van der Waals surface area (Å²) in [4.78, 5) is 37.6. The molecule has 2 atom stereocenters. The maximum Gasteiger partial charge on any atom is 0.308 e. The van der Waals surface area contributed by atoms with Crippen LogP contribution in [0.25, 0.3) is 0 Å². The van der Waals surface area contributed by atoms with Gasteiger partial charge in [-0.3, -0.25) is 14.4 Å². The fourth-order valence-corrected chi connectivity index (χ4v) is 3.08. The summed E-state index contributed by atoms with van der Waals surface area (Å²) >= 11 is 0. The second kappa shape index (κ2) is 10.3. The molecular weight excluding hydrogens is 397 g/mol. The monoisotopic (exact) mass is 419 g/mol. The van der Waals surface area contributed by atoms with Gasteiger partial charge in [-0.2, -0.15) is 0 Å². The van der Waals surface area contributed by atoms with Crippen LogP contribution in [0.3, 0.4) is 0 Å². The Morgan fingerprint density at radius 2 is 1.42 bits per heavy atom. The summed E-state index contributed by atoms with van der Waals surface area (Å²) in [7, 11) is 0. The standard InChI is InChI=1S/C25H22FNO4/c1-17(24(29)19-12-14-21(26)15-13-19)31-23(28)16-22(18-8-4-2-5-9-18)27-25(30)20-10-6-3-7-11-20/h2-15,17,22H,16H2,1H3,(H,27,30)/t17-,22-/m1/s1. The lowest BCUT2D eigenvalue weighted by Gasteiger charge is -2.20. The maximum absolute atomic E-state index is 13.1. The van der Waals surface area contributed by atoms with Gasteiger partial charge in [0.15, 0.2) is 6.10 Å². The van der Waals surface area contributed by atoms with Crippen molar-refractivity contribution in [2.24, 2.45) is 0 Å². The Labute approximate surface area is 179 Å². The van der Waals surface area contributed by atoms with E-state index >= 15 is 0 Å². The van der Waals surface area contributed by atoms with Crippen LogP contribution in [0.2, 0.25) is 0 Å². The Bertz CT molecular complexity index is 1040. The minimum absolute atomic E-state index is 0.149. The Balaban J connectivity index is 1.68. The topological polar surface area (TPSA) is 72.5 Å². The first kappa shape index (κ1) is 21.9. The van der Waals surface area contributed by atoms with E-state index in [0.29, 0.717) is 5.56 Å². The van der Waals surface area contributed by atoms with Crippen LogP contribution in [0.5, 0.6) is 0 Å². The molecule has 0 bridgehead atoms. The molecule has 0 unspecified atom stereocenters. The first-order valence-corrected chi connectivity index (χ1v) is 9.84. The number of hydrogen-bond donors (Lipinski definition) is 1. The van der Waals surface area contributed by atoms with Crippen molar-refractivity contribution in [2.45, 2.75) is 25.5 Å². The Morgan fingerprint density at radius 1 is 0.839 bits per heavy atom. The summed E-state index contributed by atoms with van der Waals surface area (Å²) in [6.45, 7) is 1.46. The van der Waals surface area contributed by atoms with E-state index in [9.17, 15) is 18.8 Å². The highest BCUT2D eigenvalue weighted by Gasteiger charge is 2.24. The van der Waals surface area contributed by atoms with Gasteiger partial charge in [-0.1, -0.05) is 48.5 Å². The molecule has 158 valence electrons. The number of halogens is 1. The average molecular weight is 419 g/mol. The number of rotatable bonds is 8. The summed E-state index contributed by atoms with van der Waals surface area (Å²) < 4.78 is 18.4. The lowest BCUT2D eigenvalue weighted by molar-refractivity contribution is -0.146. The molecule has 3 rings (SSSR count). The molecule has 0 heterocycles. The quantitative estimate of drug-likeness (QED) is 0.431. The normalized spacial score (nSPS) is 12.5. The van der Waals surface area contributed by atoms with Gasteiger partial charge in [0.2, 0.25) is 5.78 Å². The zero-order chi connectivity index (χ0) is 22.2. The van der Waals surface area contributed by atoms with Crippen molar-refractivity contribution < 1.29 is 23.5 Å². The molecule has 0 aliphatic carbocycles. The van der Waals surface area contributed by atoms with E-state index in [1.807, 2.05) is 24.3 Å². The van der Waals surface area contributed by atoms with Crippen LogP contribution in [0.1, 0.15) is 45.7 Å². The zero-order valence-corrected chi connectivity index (χ0v) is 17.0. The predicted octanol–water partition coefficient (Wildman–Crippen LogP) is 4.50. The molecule has 31 heavy (non-hydrogen) atoms. The van der Waals surface area contributed by atoms with Gasteiger partial charge >= 0.3 is 5.97 Å². The third kappa shape index (κ3) is 6.09. The van der Waals surface area contributed by atoms with Gasteiger partial charge in [0.05, 0.1) is 12.5 Å². The highest BCUT2D eigenvalue weighted by atomic mass is 19.1. The summed E-state index contributed by atoms with van der Waals surface area (Å²) in [5.41, 5.74) is 1.46. The first-order valence-electron chi connectivity index (χ1n) is 9.84. The molecule has 0 aliphatic heterocycles. The van der Waals surface area contributed by atoms with Crippen molar-refractivity contribution in [2.75, 3.05) is 0 Å². The van der Waals surface area contributed by atoms with Crippen LogP contribution in [-0.2, 0) is 9.53 Å². The van der Waals surface area contributed by atoms with Gasteiger partial charge in [0.25, 0.3) is 5.91 Å². The van der Waals surface area contributed by atoms with E-state index in [1.165, 1.54) is 31.2 Å². The Morgan fingerprint density at radius 3 is 2.03 bits per heavy atom. The summed E-state index contributed by atoms with van der Waals surface area (Å²) in [6, 6.07) is 22.1. The first-order chi connectivity index (χ1) is 14.9. The number of benzene rings is 3. The van der Waals surface area contributed by atoms with Crippen LogP contribution in [-0.4, -0.2) is 23.8 Å². The fraction of sp³-hybridized carbons (Fsp3) is 0.160. The van der Waals surface area contributed by atoms with Crippen LogP contribution in [0, 0.1) is 5.82 Å². The predicted molar refractivity (Wildman–Crippen MR) is 114 cm³/mol. The molecule has 1 amide bonds. The van der Waals surface area contributed by atoms with Gasteiger partial charge in [-0.25, -0.2) is 4.39 Å². The van der Waals surface area contributed by atoms with Crippen LogP contribution in [0.15, 0.2) is 84.9 Å². The highest BCUT2D eigenvalue weighted by molar-refractivity contribution is 6.00.